The Bertz CT molecular complexity index is 132. The summed E-state index contributed by atoms with van der Waals surface area (Å²) in [6.07, 6.45) is 9.46. The van der Waals surface area contributed by atoms with E-state index in [4.69, 9.17) is 5.73 Å². The molecule has 0 amide bonds. The number of unbranched alkanes of at least 4 members (excludes halogenated alkanes) is 6. The van der Waals surface area contributed by atoms with E-state index in [0.29, 0.717) is 6.54 Å². The molecule has 2 nitrogen and oxygen atoms in total. The van der Waals surface area contributed by atoms with E-state index >= 15 is 0 Å². The van der Waals surface area contributed by atoms with Crippen LogP contribution >= 0.6 is 0 Å². The first-order chi connectivity index (χ1) is 6.81. The van der Waals surface area contributed by atoms with Gasteiger partial charge in [0.2, 0.25) is 0 Å². The van der Waals surface area contributed by atoms with Gasteiger partial charge in [0.15, 0.2) is 0 Å². The first kappa shape index (κ1) is 13.5. The normalized spacial score (nSPS) is 10.1. The van der Waals surface area contributed by atoms with Crippen molar-refractivity contribution in [2.75, 3.05) is 13.1 Å². The summed E-state index contributed by atoms with van der Waals surface area (Å²) in [5, 5.41) is 3.21. The maximum absolute atomic E-state index is 5.41. The third-order valence-corrected chi connectivity index (χ3v) is 2.40. The fourth-order valence-corrected chi connectivity index (χ4v) is 1.42. The molecule has 0 saturated heterocycles. The van der Waals surface area contributed by atoms with E-state index < -0.39 is 0 Å². The second-order valence-corrected chi connectivity index (χ2v) is 3.86. The molecule has 2 heteroatoms. The van der Waals surface area contributed by atoms with Crippen molar-refractivity contribution < 1.29 is 0 Å². The van der Waals surface area contributed by atoms with Crippen LogP contribution < -0.4 is 11.1 Å². The van der Waals surface area contributed by atoms with Gasteiger partial charge >= 0.3 is 0 Å². The van der Waals surface area contributed by atoms with Crippen LogP contribution in [0, 0.1) is 0 Å². The smallest absolute Gasteiger partial charge is 0.0322 e. The van der Waals surface area contributed by atoms with Crippen LogP contribution in [0.25, 0.3) is 0 Å². The minimum atomic E-state index is 0.552. The minimum Gasteiger partial charge on any atom is -0.388 e. The highest BCUT2D eigenvalue weighted by Gasteiger charge is 1.91. The average molecular weight is 198 g/mol. The molecule has 0 aromatic rings. The molecule has 0 radical (unpaired) electrons. The van der Waals surface area contributed by atoms with Gasteiger partial charge in [-0.3, -0.25) is 0 Å². The Morgan fingerprint density at radius 1 is 1.07 bits per heavy atom. The molecule has 0 aliphatic heterocycles. The second kappa shape index (κ2) is 10.6. The van der Waals surface area contributed by atoms with Crippen molar-refractivity contribution >= 4 is 0 Å². The molecule has 0 aliphatic rings. The highest BCUT2D eigenvalue weighted by Crippen LogP contribution is 2.06. The lowest BCUT2D eigenvalue weighted by Gasteiger charge is -2.06. The van der Waals surface area contributed by atoms with Crippen LogP contribution in [0.15, 0.2) is 12.3 Å². The monoisotopic (exact) mass is 198 g/mol. The van der Waals surface area contributed by atoms with Crippen LogP contribution in [0.2, 0.25) is 0 Å². The molecule has 0 saturated carbocycles. The lowest BCUT2D eigenvalue weighted by molar-refractivity contribution is 0.578. The summed E-state index contributed by atoms with van der Waals surface area (Å²) in [7, 11) is 0. The van der Waals surface area contributed by atoms with Crippen LogP contribution in [-0.4, -0.2) is 13.1 Å². The molecule has 0 spiro atoms. The number of nitrogens with two attached hydrogens (primary N) is 1. The summed E-state index contributed by atoms with van der Waals surface area (Å²) < 4.78 is 0. The summed E-state index contributed by atoms with van der Waals surface area (Å²) in [6, 6.07) is 0. The predicted molar refractivity (Wildman–Crippen MR) is 64.2 cm³/mol. The first-order valence-electron chi connectivity index (χ1n) is 5.93. The van der Waals surface area contributed by atoms with Crippen LogP contribution in [0.4, 0.5) is 0 Å². The molecular formula is C12H26N2. The van der Waals surface area contributed by atoms with Gasteiger partial charge in [0.25, 0.3) is 0 Å². The summed E-state index contributed by atoms with van der Waals surface area (Å²) >= 11 is 0. The SMILES string of the molecule is C=C(CN)NCCCCCCCCC. The van der Waals surface area contributed by atoms with Crippen molar-refractivity contribution in [1.29, 1.82) is 0 Å². The fraction of sp³-hybridized carbons (Fsp3) is 0.833. The van der Waals surface area contributed by atoms with E-state index in [0.717, 1.165) is 12.2 Å². The van der Waals surface area contributed by atoms with E-state index in [1.54, 1.807) is 0 Å². The van der Waals surface area contributed by atoms with Crippen LogP contribution in [-0.2, 0) is 0 Å². The van der Waals surface area contributed by atoms with Gasteiger partial charge in [-0.25, -0.2) is 0 Å². The van der Waals surface area contributed by atoms with Crippen molar-refractivity contribution in [1.82, 2.24) is 5.32 Å². The van der Waals surface area contributed by atoms with E-state index in [-0.39, 0.29) is 0 Å². The molecule has 0 unspecified atom stereocenters. The predicted octanol–water partition coefficient (Wildman–Crippen LogP) is 2.80. The Kier molecular flexibility index (Phi) is 10.2. The van der Waals surface area contributed by atoms with E-state index in [2.05, 4.69) is 18.8 Å². The first-order valence-corrected chi connectivity index (χ1v) is 5.93. The quantitative estimate of drug-likeness (QED) is 0.530. The Morgan fingerprint density at radius 2 is 1.64 bits per heavy atom. The number of nitrogens with one attached hydrogen (secondary N) is 1. The van der Waals surface area contributed by atoms with Crippen LogP contribution in [0.1, 0.15) is 51.9 Å². The zero-order valence-corrected chi connectivity index (χ0v) is 9.65. The lowest BCUT2D eigenvalue weighted by Crippen LogP contribution is -2.20. The van der Waals surface area contributed by atoms with Crippen molar-refractivity contribution in [3.63, 3.8) is 0 Å². The standard InChI is InChI=1S/C12H26N2/c1-3-4-5-6-7-8-9-10-14-12(2)11-13/h14H,2-11,13H2,1H3. The summed E-state index contributed by atoms with van der Waals surface area (Å²) in [5.41, 5.74) is 6.36. The van der Waals surface area contributed by atoms with E-state index in [9.17, 15) is 0 Å². The molecule has 0 fully saturated rings. The van der Waals surface area contributed by atoms with Crippen LogP contribution in [0.5, 0.6) is 0 Å². The molecule has 3 N–H and O–H groups in total. The van der Waals surface area contributed by atoms with Crippen molar-refractivity contribution in [3.05, 3.63) is 12.3 Å². The van der Waals surface area contributed by atoms with E-state index in [1.165, 1.54) is 44.9 Å². The summed E-state index contributed by atoms with van der Waals surface area (Å²) in [4.78, 5) is 0. The Hall–Kier alpha value is -0.500. The molecule has 0 heterocycles. The van der Waals surface area contributed by atoms with E-state index in [1.807, 2.05) is 0 Å². The lowest BCUT2D eigenvalue weighted by atomic mass is 10.1. The topological polar surface area (TPSA) is 38.0 Å². The Labute approximate surface area is 89.0 Å². The average Bonchev–Trinajstić information content (AvgIpc) is 2.21. The number of hydrogen-bond donors (Lipinski definition) is 2. The molecule has 0 aromatic heterocycles. The molecule has 0 aliphatic carbocycles. The van der Waals surface area contributed by atoms with Gasteiger partial charge in [0, 0.05) is 18.8 Å². The fourth-order valence-electron chi connectivity index (χ4n) is 1.42. The molecule has 14 heavy (non-hydrogen) atoms. The highest BCUT2D eigenvalue weighted by molar-refractivity contribution is 4.91. The maximum atomic E-state index is 5.41. The molecule has 0 aromatic carbocycles. The van der Waals surface area contributed by atoms with Crippen LogP contribution in [0.3, 0.4) is 0 Å². The van der Waals surface area contributed by atoms with Crippen molar-refractivity contribution in [3.8, 4) is 0 Å². The van der Waals surface area contributed by atoms with Gasteiger partial charge in [-0.1, -0.05) is 52.0 Å². The molecule has 0 bridgehead atoms. The summed E-state index contributed by atoms with van der Waals surface area (Å²) in [6.45, 7) is 7.63. The van der Waals surface area contributed by atoms with Gasteiger partial charge in [-0.15, -0.1) is 0 Å². The molecule has 0 atom stereocenters. The third kappa shape index (κ3) is 9.59. The second-order valence-electron chi connectivity index (χ2n) is 3.86. The molecule has 0 rings (SSSR count). The zero-order valence-electron chi connectivity index (χ0n) is 9.65. The zero-order chi connectivity index (χ0) is 10.6. The maximum Gasteiger partial charge on any atom is 0.0322 e. The van der Waals surface area contributed by atoms with Gasteiger partial charge in [-0.2, -0.15) is 0 Å². The van der Waals surface area contributed by atoms with Gasteiger partial charge in [0.05, 0.1) is 0 Å². The number of rotatable bonds is 10. The van der Waals surface area contributed by atoms with Gasteiger partial charge in [-0.05, 0) is 6.42 Å². The van der Waals surface area contributed by atoms with Gasteiger partial charge < -0.3 is 11.1 Å². The largest absolute Gasteiger partial charge is 0.388 e. The Morgan fingerprint density at radius 3 is 2.21 bits per heavy atom. The number of hydrogen-bond acceptors (Lipinski definition) is 2. The van der Waals surface area contributed by atoms with Crippen molar-refractivity contribution in [2.45, 2.75) is 51.9 Å². The Balaban J connectivity index is 2.95. The van der Waals surface area contributed by atoms with Crippen molar-refractivity contribution in [2.24, 2.45) is 5.73 Å². The molecule has 84 valence electrons. The minimum absolute atomic E-state index is 0.552. The molecular weight excluding hydrogens is 172 g/mol. The van der Waals surface area contributed by atoms with Gasteiger partial charge in [0.1, 0.15) is 0 Å². The summed E-state index contributed by atoms with van der Waals surface area (Å²) in [5.74, 6) is 0. The third-order valence-electron chi connectivity index (χ3n) is 2.40. The highest BCUT2D eigenvalue weighted by atomic mass is 14.9.